The number of carbonyl (C=O) groups is 10. The molecule has 0 radical (unpaired) electrons. The molecule has 25 nitrogen and oxygen atoms in total. The van der Waals surface area contributed by atoms with Crippen LogP contribution in [0.2, 0.25) is 0 Å². The van der Waals surface area contributed by atoms with E-state index in [-0.39, 0.29) is 97.9 Å². The topological polar surface area (TPSA) is 366 Å². The van der Waals surface area contributed by atoms with E-state index in [0.717, 1.165) is 16.7 Å². The SMILES string of the molecule is [2H]C([2H])(OCNC(=O)CNC(=O)[C@H](Cc1ccccc1)NC(=O)CNC(=O)CNC(=O)CCCCCN1C(=O)CC(SC[C@H](N)C(=O)O)C1=O)C(=O)N[C@H]1CCc2c(C)c(F)cc3nc4c(c1c23)Cn1c-4cc2c(c1=O)COC(=O)[C@]2(O)CC. The maximum atomic E-state index is 15.4. The highest BCUT2D eigenvalue weighted by atomic mass is 32.2. The molecule has 5 atom stereocenters. The van der Waals surface area contributed by atoms with Crippen molar-refractivity contribution in [2.45, 2.75) is 114 Å². The monoisotopic (exact) mass is 1160 g/mol. The van der Waals surface area contributed by atoms with Gasteiger partial charge in [-0.15, -0.1) is 11.8 Å². The summed E-state index contributed by atoms with van der Waals surface area (Å²) in [4.78, 5) is 147. The molecule has 10 N–H and O–H groups in total. The molecular weight excluding hydrogens is 1090 g/mol. The van der Waals surface area contributed by atoms with Gasteiger partial charge in [-0.2, -0.15) is 0 Å². The molecule has 2 aromatic heterocycles. The van der Waals surface area contributed by atoms with E-state index in [1.54, 1.807) is 44.2 Å². The van der Waals surface area contributed by atoms with Crippen LogP contribution < -0.4 is 43.2 Å². The minimum Gasteiger partial charge on any atom is -0.480 e. The molecule has 1 fully saturated rings. The van der Waals surface area contributed by atoms with Crippen molar-refractivity contribution >= 4 is 81.9 Å². The summed E-state index contributed by atoms with van der Waals surface area (Å²) >= 11 is 1.02. The van der Waals surface area contributed by atoms with Crippen molar-refractivity contribution in [1.29, 1.82) is 0 Å². The van der Waals surface area contributed by atoms with Crippen molar-refractivity contribution in [3.05, 3.63) is 97.6 Å². The van der Waals surface area contributed by atoms with Crippen LogP contribution in [-0.2, 0) is 89.0 Å². The second kappa shape index (κ2) is 26.2. The van der Waals surface area contributed by atoms with E-state index < -0.39 is 127 Å². The van der Waals surface area contributed by atoms with Crippen molar-refractivity contribution in [3.8, 4) is 11.4 Å². The number of unbranched alkanes of at least 4 members (excludes halogenated alkanes) is 2. The van der Waals surface area contributed by atoms with E-state index in [2.05, 4.69) is 31.9 Å². The van der Waals surface area contributed by atoms with Gasteiger partial charge in [-0.25, -0.2) is 14.2 Å². The van der Waals surface area contributed by atoms with Crippen LogP contribution in [0, 0.1) is 12.7 Å². The minimum atomic E-state index is -3.06. The number of nitrogens with one attached hydrogen (secondary N) is 6. The Balaban J connectivity index is 0.794. The number of halogens is 1. The van der Waals surface area contributed by atoms with Gasteiger partial charge in [0.05, 0.1) is 62.7 Å². The van der Waals surface area contributed by atoms with Crippen LogP contribution in [0.3, 0.4) is 0 Å². The molecule has 436 valence electrons. The third-order valence-electron chi connectivity index (χ3n) is 14.7. The number of hydrogen-bond acceptors (Lipinski definition) is 17. The van der Waals surface area contributed by atoms with E-state index in [1.807, 2.05) is 0 Å². The second-order valence-electron chi connectivity index (χ2n) is 20.1. The lowest BCUT2D eigenvalue weighted by molar-refractivity contribution is -0.172. The number of ether oxygens (including phenoxy) is 2. The van der Waals surface area contributed by atoms with Crippen molar-refractivity contribution < 1.29 is 74.8 Å². The number of cyclic esters (lactones) is 1. The smallest absolute Gasteiger partial charge is 0.343 e. The van der Waals surface area contributed by atoms with Crippen LogP contribution in [0.5, 0.6) is 0 Å². The summed E-state index contributed by atoms with van der Waals surface area (Å²) in [6, 6.07) is 7.93. The molecule has 0 saturated carbocycles. The number of nitrogens with two attached hydrogens (primary N) is 1. The number of amides is 8. The fourth-order valence-electron chi connectivity index (χ4n) is 10.3. The first kappa shape index (κ1) is 57.1. The Kier molecular flexibility index (Phi) is 18.2. The number of aryl methyl sites for hydroxylation is 1. The predicted octanol–water partition coefficient (Wildman–Crippen LogP) is -0.370. The van der Waals surface area contributed by atoms with Crippen molar-refractivity contribution in [2.24, 2.45) is 5.73 Å². The number of thioether (sulfide) groups is 1. The van der Waals surface area contributed by atoms with Gasteiger partial charge in [0, 0.05) is 54.1 Å². The number of likely N-dealkylation sites (tertiary alicyclic amines) is 1. The Labute approximate surface area is 475 Å². The van der Waals surface area contributed by atoms with Gasteiger partial charge in [0.1, 0.15) is 37.8 Å². The summed E-state index contributed by atoms with van der Waals surface area (Å²) < 4.78 is 44.3. The molecule has 5 heterocycles. The predicted molar refractivity (Wildman–Crippen MR) is 290 cm³/mol. The molecule has 8 rings (SSSR count). The summed E-state index contributed by atoms with van der Waals surface area (Å²) in [6.45, 7) is -2.79. The number of rotatable bonds is 26. The minimum absolute atomic E-state index is 0.0244. The van der Waals surface area contributed by atoms with Gasteiger partial charge in [-0.1, -0.05) is 43.7 Å². The van der Waals surface area contributed by atoms with E-state index >= 15 is 4.39 Å². The Morgan fingerprint density at radius 3 is 2.40 bits per heavy atom. The lowest BCUT2D eigenvalue weighted by Crippen LogP contribution is -2.52. The van der Waals surface area contributed by atoms with Crippen LogP contribution in [0.15, 0.2) is 47.3 Å². The molecule has 8 amide bonds. The number of carboxylic acid groups (broad SMARTS) is 1. The number of benzene rings is 2. The van der Waals surface area contributed by atoms with Crippen molar-refractivity contribution in [2.75, 3.05) is 45.2 Å². The molecule has 2 aromatic carbocycles. The molecule has 4 aliphatic rings. The number of aliphatic hydroxyl groups is 1. The van der Waals surface area contributed by atoms with E-state index in [0.29, 0.717) is 52.5 Å². The Hall–Kier alpha value is -8.14. The zero-order valence-electron chi connectivity index (χ0n) is 46.8. The number of imide groups is 1. The number of carboxylic acids is 1. The van der Waals surface area contributed by atoms with Crippen LogP contribution in [-0.4, -0.2) is 146 Å². The van der Waals surface area contributed by atoms with Crippen LogP contribution in [0.4, 0.5) is 4.39 Å². The van der Waals surface area contributed by atoms with Gasteiger partial charge in [-0.05, 0) is 67.3 Å². The van der Waals surface area contributed by atoms with Gasteiger partial charge in [0.25, 0.3) is 5.56 Å². The van der Waals surface area contributed by atoms with Gasteiger partial charge >= 0.3 is 11.9 Å². The Morgan fingerprint density at radius 2 is 1.66 bits per heavy atom. The van der Waals surface area contributed by atoms with Crippen LogP contribution >= 0.6 is 11.8 Å². The molecule has 1 unspecified atom stereocenters. The highest BCUT2D eigenvalue weighted by Gasteiger charge is 2.46. The van der Waals surface area contributed by atoms with Gasteiger partial charge in [-0.3, -0.25) is 52.8 Å². The molecule has 0 spiro atoms. The Morgan fingerprint density at radius 1 is 0.939 bits per heavy atom. The lowest BCUT2D eigenvalue weighted by Gasteiger charge is -2.31. The van der Waals surface area contributed by atoms with Crippen molar-refractivity contribution in [1.82, 2.24) is 46.4 Å². The van der Waals surface area contributed by atoms with Crippen LogP contribution in [0.1, 0.15) is 99.6 Å². The van der Waals surface area contributed by atoms with Gasteiger partial charge < -0.3 is 61.9 Å². The number of esters is 1. The second-order valence-corrected chi connectivity index (χ2v) is 21.3. The fourth-order valence-corrected chi connectivity index (χ4v) is 11.4. The van der Waals surface area contributed by atoms with E-state index in [4.69, 9.17) is 28.0 Å². The molecule has 1 aliphatic carbocycles. The number of hydrogen-bond donors (Lipinski definition) is 9. The van der Waals surface area contributed by atoms with Gasteiger partial charge in [0.2, 0.25) is 47.3 Å². The largest absolute Gasteiger partial charge is 0.480 e. The standard InChI is InChI=1S/C55H63FN10O15S/c1-3-55(79)33-17-39-49-31(23-66(39)51(74)32(33)24-81-54(55)78)48-36(14-13-30-28(2)34(56)18-37(64-49)47(30)48)62-45(71)25-80-27-61-43(69)21-60-50(73)38(16-29-10-6-4-7-11-29)63-44(70)22-59-42(68)20-58-41(67)12-8-5-9-15-65-46(72)19-40(52(65)75)82-26-35(57)53(76)77/h4,6-7,10-11,17-18,35-36,38,40,79H,3,5,8-9,12-16,19-27,57H2,1-2H3,(H,58,67)(H,59,68)(H,60,73)(H,61,69)(H,62,71)(H,63,70)(H,76,77)/t35-,36-,38-,40?,55-/m0/s1/i25D2. The summed E-state index contributed by atoms with van der Waals surface area (Å²) in [5.41, 5.74) is 6.21. The van der Waals surface area contributed by atoms with E-state index in [1.165, 1.54) is 16.7 Å². The number of fused-ring (bicyclic) bond motifs is 5. The average Bonchev–Trinajstić information content (AvgIpc) is 1.52. The fraction of sp³-hybridized carbons (Fsp3) is 0.455. The normalized spacial score (nSPS) is 18.9. The Bertz CT molecular complexity index is 3410. The lowest BCUT2D eigenvalue weighted by atomic mass is 9.81. The summed E-state index contributed by atoms with van der Waals surface area (Å²) in [6.07, 6.45) is 1.52. The molecule has 1 saturated heterocycles. The summed E-state index contributed by atoms with van der Waals surface area (Å²) in [7, 11) is 0. The number of aliphatic carboxylic acids is 1. The quantitative estimate of drug-likeness (QED) is 0.0148. The zero-order chi connectivity index (χ0) is 60.8. The molecule has 3 aliphatic heterocycles. The molecule has 82 heavy (non-hydrogen) atoms. The highest BCUT2D eigenvalue weighted by Crippen LogP contribution is 2.46. The molecular formula is C55H63FN10O15S. The van der Waals surface area contributed by atoms with E-state index in [9.17, 15) is 57.8 Å². The summed E-state index contributed by atoms with van der Waals surface area (Å²) in [5, 5.41) is 34.8. The molecule has 4 aromatic rings. The highest BCUT2D eigenvalue weighted by molar-refractivity contribution is 8.00. The first-order valence-corrected chi connectivity index (χ1v) is 27.6. The third kappa shape index (κ3) is 13.4. The maximum Gasteiger partial charge on any atom is 0.343 e. The van der Waals surface area contributed by atoms with Gasteiger partial charge in [0.15, 0.2) is 5.60 Å². The average molecular weight is 1160 g/mol. The number of nitrogens with zero attached hydrogens (tertiary/aromatic N) is 3. The first-order chi connectivity index (χ1) is 39.9. The van der Waals surface area contributed by atoms with Crippen molar-refractivity contribution in [3.63, 3.8) is 0 Å². The first-order valence-electron chi connectivity index (χ1n) is 27.5. The molecule has 0 bridgehead atoms. The number of aromatic nitrogens is 2. The third-order valence-corrected chi connectivity index (χ3v) is 16.0. The maximum absolute atomic E-state index is 15.4. The van der Waals surface area contributed by atoms with Crippen LogP contribution in [0.25, 0.3) is 22.3 Å². The number of pyridine rings is 2. The summed E-state index contributed by atoms with van der Waals surface area (Å²) in [5.74, 6) is -8.37. The zero-order valence-corrected chi connectivity index (χ0v) is 45.6. The molecule has 27 heteroatoms. The number of carbonyl (C=O) groups excluding carboxylic acids is 9.